The van der Waals surface area contributed by atoms with Gasteiger partial charge in [-0.2, -0.15) is 26.3 Å². The van der Waals surface area contributed by atoms with Crippen molar-refractivity contribution in [1.29, 1.82) is 0 Å². The van der Waals surface area contributed by atoms with Gasteiger partial charge in [0.2, 0.25) is 11.8 Å². The van der Waals surface area contributed by atoms with Gasteiger partial charge in [0.25, 0.3) is 0 Å². The predicted octanol–water partition coefficient (Wildman–Crippen LogP) is 6.42. The molecule has 3 N–H and O–H groups in total. The topological polar surface area (TPSA) is 72.2 Å². The third-order valence-electron chi connectivity index (χ3n) is 7.80. The second-order valence-corrected chi connectivity index (χ2v) is 9.91. The van der Waals surface area contributed by atoms with Gasteiger partial charge < -0.3 is 11.1 Å². The van der Waals surface area contributed by atoms with Crippen LogP contribution in [0.15, 0.2) is 30.4 Å². The fraction of sp³-hybridized carbons (Fsp3) is 0.600. The van der Waals surface area contributed by atoms with E-state index < -0.39 is 46.9 Å². The van der Waals surface area contributed by atoms with Crippen LogP contribution in [0.25, 0.3) is 0 Å². The van der Waals surface area contributed by atoms with E-state index in [0.717, 1.165) is 12.8 Å². The second-order valence-electron chi connectivity index (χ2n) is 9.91. The summed E-state index contributed by atoms with van der Waals surface area (Å²) in [6.45, 7) is 4.15. The zero-order valence-electron chi connectivity index (χ0n) is 19.5. The number of primary amides is 1. The molecule has 0 spiro atoms. The molecule has 35 heavy (non-hydrogen) atoms. The highest BCUT2D eigenvalue weighted by Crippen LogP contribution is 2.49. The Hall–Kier alpha value is -2.52. The maximum atomic E-state index is 13.4. The summed E-state index contributed by atoms with van der Waals surface area (Å²) in [5.74, 6) is -0.881. The molecule has 194 valence electrons. The van der Waals surface area contributed by atoms with Crippen LogP contribution < -0.4 is 11.1 Å². The molecule has 2 aliphatic rings. The van der Waals surface area contributed by atoms with E-state index in [1.54, 1.807) is 6.08 Å². The van der Waals surface area contributed by atoms with Crippen LogP contribution in [0.4, 0.5) is 32.0 Å². The fourth-order valence-corrected chi connectivity index (χ4v) is 5.89. The molecule has 1 aromatic rings. The molecular formula is C25H30F6N2O2. The molecule has 0 radical (unpaired) electrons. The number of alkyl halides is 6. The molecule has 0 saturated heterocycles. The normalized spacial score (nSPS) is 28.4. The average molecular weight is 505 g/mol. The standard InChI is InChI=1S/C25H30F6N2O2/c1-13(3-10-22(32)34)18-7-5-16-11-15(14(18)2)4-8-19(16)23(35)33-21-12-17(24(26,27)28)6-9-20(21)25(29,30)31/h3,6,9-10,12-16,18-19H,4-5,7-8,11H2,1-2H3,(H2,32,34)(H,33,35)/b10-3-/t13-,14?,15?,16+,18?,19?/m0/s1. The molecule has 4 nitrogen and oxygen atoms in total. The largest absolute Gasteiger partial charge is 0.418 e. The maximum absolute atomic E-state index is 13.4. The number of nitrogens with two attached hydrogens (primary N) is 1. The lowest BCUT2D eigenvalue weighted by Crippen LogP contribution is -2.35. The van der Waals surface area contributed by atoms with Crippen molar-refractivity contribution < 1.29 is 35.9 Å². The molecule has 0 heterocycles. The third-order valence-corrected chi connectivity index (χ3v) is 7.80. The van der Waals surface area contributed by atoms with Gasteiger partial charge in [0.1, 0.15) is 0 Å². The lowest BCUT2D eigenvalue weighted by Gasteiger charge is -2.37. The highest BCUT2D eigenvalue weighted by molar-refractivity contribution is 5.93. The molecule has 2 bridgehead atoms. The fourth-order valence-electron chi connectivity index (χ4n) is 5.89. The Labute approximate surface area is 200 Å². The number of hydrogen-bond donors (Lipinski definition) is 2. The number of amides is 2. The van der Waals surface area contributed by atoms with Gasteiger partial charge in [-0.25, -0.2) is 0 Å². The minimum atomic E-state index is -4.91. The quantitative estimate of drug-likeness (QED) is 0.359. The zero-order chi connectivity index (χ0) is 26.1. The summed E-state index contributed by atoms with van der Waals surface area (Å²) in [6, 6.07) is 1.07. The Morgan fingerprint density at radius 1 is 1.03 bits per heavy atom. The molecule has 2 fully saturated rings. The molecule has 2 saturated carbocycles. The lowest BCUT2D eigenvalue weighted by atomic mass is 9.69. The van der Waals surface area contributed by atoms with E-state index in [4.69, 9.17) is 5.73 Å². The van der Waals surface area contributed by atoms with E-state index in [-0.39, 0.29) is 17.8 Å². The highest BCUT2D eigenvalue weighted by Gasteiger charge is 2.43. The Bertz CT molecular complexity index is 972. The van der Waals surface area contributed by atoms with Crippen LogP contribution in [0, 0.1) is 35.5 Å². The summed E-state index contributed by atoms with van der Waals surface area (Å²) in [5.41, 5.74) is 1.77. The van der Waals surface area contributed by atoms with Crippen molar-refractivity contribution in [3.8, 4) is 0 Å². The number of fused-ring (bicyclic) bond motifs is 2. The molecule has 3 rings (SSSR count). The van der Waals surface area contributed by atoms with Gasteiger partial charge in [0, 0.05) is 5.92 Å². The summed E-state index contributed by atoms with van der Waals surface area (Å²) in [5, 5.41) is 2.18. The molecule has 0 aromatic heterocycles. The molecule has 10 heteroatoms. The Morgan fingerprint density at radius 3 is 2.29 bits per heavy atom. The van der Waals surface area contributed by atoms with E-state index in [0.29, 0.717) is 49.3 Å². The van der Waals surface area contributed by atoms with Crippen LogP contribution in [0.3, 0.4) is 0 Å². The van der Waals surface area contributed by atoms with Crippen molar-refractivity contribution in [3.05, 3.63) is 41.5 Å². The van der Waals surface area contributed by atoms with Crippen molar-refractivity contribution in [2.45, 2.75) is 58.3 Å². The number of nitrogens with one attached hydrogen (secondary N) is 1. The smallest absolute Gasteiger partial charge is 0.366 e. The number of hydrogen-bond acceptors (Lipinski definition) is 2. The van der Waals surface area contributed by atoms with Crippen LogP contribution in [-0.4, -0.2) is 11.8 Å². The molecule has 2 amide bonds. The van der Waals surface area contributed by atoms with Gasteiger partial charge in [0.15, 0.2) is 0 Å². The highest BCUT2D eigenvalue weighted by atomic mass is 19.4. The summed E-state index contributed by atoms with van der Waals surface area (Å²) in [6.07, 6.45) is -3.28. The summed E-state index contributed by atoms with van der Waals surface area (Å²) in [7, 11) is 0. The molecule has 4 unspecified atom stereocenters. The van der Waals surface area contributed by atoms with E-state index in [1.165, 1.54) is 6.08 Å². The van der Waals surface area contributed by atoms with E-state index in [9.17, 15) is 35.9 Å². The van der Waals surface area contributed by atoms with Gasteiger partial charge in [-0.05, 0) is 86.0 Å². The monoisotopic (exact) mass is 504 g/mol. The SMILES string of the molecule is CC1C2CCC(C(=O)Nc3cc(C(F)(F)F)ccc3C(F)(F)F)[C@H](CCC1[C@@H](C)/C=C\C(N)=O)C2. The van der Waals surface area contributed by atoms with Gasteiger partial charge in [-0.3, -0.25) is 9.59 Å². The first-order chi connectivity index (χ1) is 16.2. The van der Waals surface area contributed by atoms with Crippen molar-refractivity contribution in [2.24, 2.45) is 41.2 Å². The van der Waals surface area contributed by atoms with Crippen molar-refractivity contribution in [3.63, 3.8) is 0 Å². The summed E-state index contributed by atoms with van der Waals surface area (Å²) >= 11 is 0. The van der Waals surface area contributed by atoms with Gasteiger partial charge >= 0.3 is 12.4 Å². The van der Waals surface area contributed by atoms with Crippen molar-refractivity contribution in [2.75, 3.05) is 5.32 Å². The average Bonchev–Trinajstić information content (AvgIpc) is 2.87. The first-order valence-corrected chi connectivity index (χ1v) is 11.8. The van der Waals surface area contributed by atoms with Crippen molar-refractivity contribution in [1.82, 2.24) is 0 Å². The second kappa shape index (κ2) is 10.2. The summed E-state index contributed by atoms with van der Waals surface area (Å²) < 4.78 is 79.6. The van der Waals surface area contributed by atoms with Crippen LogP contribution in [-0.2, 0) is 21.9 Å². The number of allylic oxidation sites excluding steroid dienone is 1. The minimum Gasteiger partial charge on any atom is -0.366 e. The third kappa shape index (κ3) is 6.38. The van der Waals surface area contributed by atoms with Gasteiger partial charge in [-0.15, -0.1) is 0 Å². The maximum Gasteiger partial charge on any atom is 0.418 e. The van der Waals surface area contributed by atoms with Crippen molar-refractivity contribution >= 4 is 17.5 Å². The number of halogens is 6. The number of carbonyl (C=O) groups is 2. The van der Waals surface area contributed by atoms with Crippen LogP contribution in [0.1, 0.15) is 57.1 Å². The Morgan fingerprint density at radius 2 is 1.69 bits per heavy atom. The first-order valence-electron chi connectivity index (χ1n) is 11.8. The van der Waals surface area contributed by atoms with E-state index in [2.05, 4.69) is 12.2 Å². The Balaban J connectivity index is 1.80. The van der Waals surface area contributed by atoms with E-state index in [1.807, 2.05) is 6.92 Å². The predicted molar refractivity (Wildman–Crippen MR) is 119 cm³/mol. The van der Waals surface area contributed by atoms with Crippen LogP contribution >= 0.6 is 0 Å². The number of carbonyl (C=O) groups excluding carboxylic acids is 2. The van der Waals surface area contributed by atoms with Gasteiger partial charge in [0.05, 0.1) is 16.8 Å². The van der Waals surface area contributed by atoms with Crippen LogP contribution in [0.5, 0.6) is 0 Å². The van der Waals surface area contributed by atoms with E-state index >= 15 is 0 Å². The number of benzene rings is 1. The van der Waals surface area contributed by atoms with Crippen LogP contribution in [0.2, 0.25) is 0 Å². The molecule has 6 atom stereocenters. The lowest BCUT2D eigenvalue weighted by molar-refractivity contribution is -0.141. The first kappa shape index (κ1) is 27.1. The molecular weight excluding hydrogens is 474 g/mol. The minimum absolute atomic E-state index is 0.0753. The Kier molecular flexibility index (Phi) is 7.91. The van der Waals surface area contributed by atoms with Gasteiger partial charge in [-0.1, -0.05) is 19.9 Å². The molecule has 2 aliphatic carbocycles. The number of anilines is 1. The summed E-state index contributed by atoms with van der Waals surface area (Å²) in [4.78, 5) is 24.2. The zero-order valence-corrected chi connectivity index (χ0v) is 19.5. The number of rotatable bonds is 5. The molecule has 0 aliphatic heterocycles. The molecule has 1 aromatic carbocycles.